The maximum Gasteiger partial charge on any atom is 0.140 e. The predicted molar refractivity (Wildman–Crippen MR) is 89.0 cm³/mol. The van der Waals surface area contributed by atoms with Gasteiger partial charge in [0.05, 0.1) is 5.69 Å². The Morgan fingerprint density at radius 3 is 2.48 bits per heavy atom. The molecule has 0 atom stereocenters. The van der Waals surface area contributed by atoms with Crippen LogP contribution >= 0.6 is 11.3 Å². The normalized spacial score (nSPS) is 11.6. The summed E-state index contributed by atoms with van der Waals surface area (Å²) in [7, 11) is 0. The molecule has 0 saturated heterocycles. The van der Waals surface area contributed by atoms with E-state index in [1.807, 2.05) is 12.1 Å². The largest absolute Gasteiger partial charge is 0.486 e. The molecular weight excluding hydrogens is 280 g/mol. The Bertz CT molecular complexity index is 555. The molecule has 0 radical (unpaired) electrons. The monoisotopic (exact) mass is 304 g/mol. The summed E-state index contributed by atoms with van der Waals surface area (Å²) >= 11 is 1.66. The van der Waals surface area contributed by atoms with Crippen molar-refractivity contribution in [1.82, 2.24) is 10.3 Å². The van der Waals surface area contributed by atoms with Crippen LogP contribution in [0.4, 0.5) is 0 Å². The molecule has 0 saturated carbocycles. The highest BCUT2D eigenvalue weighted by Crippen LogP contribution is 2.24. The molecule has 3 nitrogen and oxygen atoms in total. The summed E-state index contributed by atoms with van der Waals surface area (Å²) in [5.74, 6) is 0.891. The van der Waals surface area contributed by atoms with E-state index in [9.17, 15) is 0 Å². The number of benzene rings is 1. The number of aromatic nitrogens is 1. The zero-order valence-corrected chi connectivity index (χ0v) is 14.1. The first-order valence-electron chi connectivity index (χ1n) is 7.36. The molecule has 0 aliphatic rings. The van der Waals surface area contributed by atoms with Gasteiger partial charge in [-0.3, -0.25) is 0 Å². The second-order valence-electron chi connectivity index (χ2n) is 6.09. The molecule has 2 rings (SSSR count). The van der Waals surface area contributed by atoms with Crippen LogP contribution in [0.2, 0.25) is 0 Å². The summed E-state index contributed by atoms with van der Waals surface area (Å²) in [5.41, 5.74) is 2.50. The smallest absolute Gasteiger partial charge is 0.140 e. The number of hydrogen-bond donors (Lipinski definition) is 1. The Balaban J connectivity index is 1.89. The highest BCUT2D eigenvalue weighted by atomic mass is 32.1. The van der Waals surface area contributed by atoms with Crippen molar-refractivity contribution in [2.45, 2.75) is 46.3 Å². The molecule has 21 heavy (non-hydrogen) atoms. The van der Waals surface area contributed by atoms with Gasteiger partial charge >= 0.3 is 0 Å². The lowest BCUT2D eigenvalue weighted by Crippen LogP contribution is -2.11. The number of nitrogens with zero attached hydrogens (tertiary/aromatic N) is 1. The van der Waals surface area contributed by atoms with Crippen molar-refractivity contribution in [1.29, 1.82) is 0 Å². The molecule has 0 spiro atoms. The van der Waals surface area contributed by atoms with Crippen LogP contribution in [0.5, 0.6) is 5.75 Å². The molecule has 0 amide bonds. The molecule has 1 aromatic heterocycles. The van der Waals surface area contributed by atoms with Crippen molar-refractivity contribution in [3.8, 4) is 5.75 Å². The van der Waals surface area contributed by atoms with E-state index in [0.717, 1.165) is 29.5 Å². The molecule has 0 bridgehead atoms. The van der Waals surface area contributed by atoms with E-state index in [-0.39, 0.29) is 5.41 Å². The summed E-state index contributed by atoms with van der Waals surface area (Å²) in [4.78, 5) is 4.64. The van der Waals surface area contributed by atoms with Gasteiger partial charge in [0.15, 0.2) is 0 Å². The molecule has 1 heterocycles. The van der Waals surface area contributed by atoms with Crippen LogP contribution in [0.25, 0.3) is 0 Å². The summed E-state index contributed by atoms with van der Waals surface area (Å²) in [6, 6.07) is 8.23. The third-order valence-electron chi connectivity index (χ3n) is 3.18. The highest BCUT2D eigenvalue weighted by molar-refractivity contribution is 7.09. The number of rotatable bonds is 6. The van der Waals surface area contributed by atoms with Crippen molar-refractivity contribution in [3.05, 3.63) is 45.9 Å². The molecular formula is C17H24N2OS. The van der Waals surface area contributed by atoms with Gasteiger partial charge in [-0.1, -0.05) is 39.8 Å². The number of thiazole rings is 1. The SMILES string of the molecule is CCNCc1ccc(OCc2nc(C(C)(C)C)cs2)cc1. The zero-order chi connectivity index (χ0) is 15.3. The maximum atomic E-state index is 5.81. The number of ether oxygens (including phenoxy) is 1. The van der Waals surface area contributed by atoms with Crippen LogP contribution in [-0.2, 0) is 18.6 Å². The van der Waals surface area contributed by atoms with Gasteiger partial charge in [-0.05, 0) is 24.2 Å². The standard InChI is InChI=1S/C17H24N2OS/c1-5-18-10-13-6-8-14(9-7-13)20-11-16-19-15(12-21-16)17(2,3)4/h6-9,12,18H,5,10-11H2,1-4H3. The lowest BCUT2D eigenvalue weighted by molar-refractivity contribution is 0.305. The fourth-order valence-corrected chi connectivity index (χ4v) is 2.77. The van der Waals surface area contributed by atoms with Crippen molar-refractivity contribution < 1.29 is 4.74 Å². The van der Waals surface area contributed by atoms with Gasteiger partial charge < -0.3 is 10.1 Å². The zero-order valence-electron chi connectivity index (χ0n) is 13.3. The van der Waals surface area contributed by atoms with Crippen LogP contribution < -0.4 is 10.1 Å². The molecule has 2 aromatic rings. The average Bonchev–Trinajstić information content (AvgIpc) is 2.93. The lowest BCUT2D eigenvalue weighted by Gasteiger charge is -2.14. The van der Waals surface area contributed by atoms with E-state index < -0.39 is 0 Å². The minimum atomic E-state index is 0.0999. The first-order valence-corrected chi connectivity index (χ1v) is 8.24. The average molecular weight is 304 g/mol. The molecule has 114 valence electrons. The molecule has 1 N–H and O–H groups in total. The van der Waals surface area contributed by atoms with Crippen molar-refractivity contribution in [2.75, 3.05) is 6.54 Å². The first kappa shape index (κ1) is 16.0. The third-order valence-corrected chi connectivity index (χ3v) is 4.01. The van der Waals surface area contributed by atoms with Crippen molar-refractivity contribution in [2.24, 2.45) is 0 Å². The minimum Gasteiger partial charge on any atom is -0.486 e. The van der Waals surface area contributed by atoms with Crippen molar-refractivity contribution >= 4 is 11.3 Å². The molecule has 0 fully saturated rings. The molecule has 0 unspecified atom stereocenters. The number of hydrogen-bond acceptors (Lipinski definition) is 4. The maximum absolute atomic E-state index is 5.81. The lowest BCUT2D eigenvalue weighted by atomic mass is 9.93. The van der Waals surface area contributed by atoms with E-state index in [2.05, 4.69) is 55.5 Å². The molecule has 0 aliphatic carbocycles. The van der Waals surface area contributed by atoms with Crippen LogP contribution in [0.15, 0.2) is 29.6 Å². The van der Waals surface area contributed by atoms with Gasteiger partial charge in [0.25, 0.3) is 0 Å². The Labute approximate surface area is 131 Å². The fourth-order valence-electron chi connectivity index (χ4n) is 1.84. The topological polar surface area (TPSA) is 34.1 Å². The predicted octanol–water partition coefficient (Wildman–Crippen LogP) is 4.13. The third kappa shape index (κ3) is 4.83. The van der Waals surface area contributed by atoms with Gasteiger partial charge in [0.2, 0.25) is 0 Å². The minimum absolute atomic E-state index is 0.0999. The summed E-state index contributed by atoms with van der Waals surface area (Å²) in [6.45, 7) is 11.1. The second kappa shape index (κ2) is 7.05. The summed E-state index contributed by atoms with van der Waals surface area (Å²) in [5, 5.41) is 6.46. The van der Waals surface area contributed by atoms with E-state index >= 15 is 0 Å². The Morgan fingerprint density at radius 2 is 1.90 bits per heavy atom. The van der Waals surface area contributed by atoms with Crippen LogP contribution in [-0.4, -0.2) is 11.5 Å². The summed E-state index contributed by atoms with van der Waals surface area (Å²) < 4.78 is 5.81. The fraction of sp³-hybridized carbons (Fsp3) is 0.471. The first-order chi connectivity index (χ1) is 9.99. The Kier molecular flexibility index (Phi) is 5.37. The van der Waals surface area contributed by atoms with Crippen LogP contribution in [0.3, 0.4) is 0 Å². The Morgan fingerprint density at radius 1 is 1.19 bits per heavy atom. The highest BCUT2D eigenvalue weighted by Gasteiger charge is 2.17. The van der Waals surface area contributed by atoms with Crippen LogP contribution in [0, 0.1) is 0 Å². The second-order valence-corrected chi connectivity index (χ2v) is 7.03. The van der Waals surface area contributed by atoms with Gasteiger partial charge in [0, 0.05) is 17.3 Å². The molecule has 4 heteroatoms. The van der Waals surface area contributed by atoms with Crippen LogP contribution in [0.1, 0.15) is 44.0 Å². The molecule has 0 aliphatic heterocycles. The summed E-state index contributed by atoms with van der Waals surface area (Å²) in [6.07, 6.45) is 0. The van der Waals surface area contributed by atoms with Gasteiger partial charge in [-0.2, -0.15) is 0 Å². The van der Waals surface area contributed by atoms with E-state index in [1.165, 1.54) is 5.56 Å². The van der Waals surface area contributed by atoms with Gasteiger partial charge in [0.1, 0.15) is 17.4 Å². The van der Waals surface area contributed by atoms with E-state index in [0.29, 0.717) is 6.61 Å². The van der Waals surface area contributed by atoms with E-state index in [4.69, 9.17) is 4.74 Å². The Hall–Kier alpha value is -1.39. The quantitative estimate of drug-likeness (QED) is 0.871. The van der Waals surface area contributed by atoms with Gasteiger partial charge in [-0.15, -0.1) is 11.3 Å². The molecule has 1 aromatic carbocycles. The van der Waals surface area contributed by atoms with E-state index in [1.54, 1.807) is 11.3 Å². The van der Waals surface area contributed by atoms with Gasteiger partial charge in [-0.25, -0.2) is 4.98 Å². The van der Waals surface area contributed by atoms with Crippen molar-refractivity contribution in [3.63, 3.8) is 0 Å². The number of nitrogens with one attached hydrogen (secondary N) is 1.